The van der Waals surface area contributed by atoms with Crippen LogP contribution in [0.2, 0.25) is 0 Å². The fourth-order valence-electron chi connectivity index (χ4n) is 0.855. The van der Waals surface area contributed by atoms with E-state index in [-0.39, 0.29) is 0 Å². The molecular formula is C7H16N2O2. The first-order valence-electron chi connectivity index (χ1n) is 3.90. The predicted molar refractivity (Wildman–Crippen MR) is 43.6 cm³/mol. The smallest absolute Gasteiger partial charge is 0.407 e. The van der Waals surface area contributed by atoms with Crippen LogP contribution in [0, 0.1) is 0 Å². The molecule has 3 N–H and O–H groups in total. The molecule has 0 spiro atoms. The number of carboxylic acid groups (broad SMARTS) is 1. The summed E-state index contributed by atoms with van der Waals surface area (Å²) in [5.74, 6) is 0. The number of hydrogen-bond donors (Lipinski definition) is 2. The van der Waals surface area contributed by atoms with Gasteiger partial charge in [0.15, 0.2) is 0 Å². The lowest BCUT2D eigenvalue weighted by Crippen LogP contribution is -2.32. The molecule has 0 saturated carbocycles. The van der Waals surface area contributed by atoms with Gasteiger partial charge in [0, 0.05) is 13.1 Å². The molecule has 0 unspecified atom stereocenters. The van der Waals surface area contributed by atoms with Crippen LogP contribution in [0.3, 0.4) is 0 Å². The van der Waals surface area contributed by atoms with Gasteiger partial charge in [-0.15, -0.1) is 0 Å². The van der Waals surface area contributed by atoms with Crippen molar-refractivity contribution in [2.24, 2.45) is 5.73 Å². The van der Waals surface area contributed by atoms with E-state index in [9.17, 15) is 4.79 Å². The lowest BCUT2D eigenvalue weighted by atomic mass is 10.3. The van der Waals surface area contributed by atoms with Crippen molar-refractivity contribution in [2.45, 2.75) is 19.8 Å². The number of carbonyl (C=O) groups is 1. The highest BCUT2D eigenvalue weighted by atomic mass is 16.4. The van der Waals surface area contributed by atoms with E-state index in [0.717, 1.165) is 12.8 Å². The normalized spacial score (nSPS) is 9.64. The van der Waals surface area contributed by atoms with Crippen LogP contribution in [0.4, 0.5) is 4.79 Å². The van der Waals surface area contributed by atoms with Gasteiger partial charge in [-0.25, -0.2) is 4.79 Å². The van der Waals surface area contributed by atoms with Gasteiger partial charge in [-0.05, 0) is 19.4 Å². The molecule has 0 aliphatic heterocycles. The van der Waals surface area contributed by atoms with Gasteiger partial charge in [-0.1, -0.05) is 6.92 Å². The number of rotatable bonds is 5. The van der Waals surface area contributed by atoms with Crippen LogP contribution in [0.1, 0.15) is 19.8 Å². The third-order valence-corrected chi connectivity index (χ3v) is 1.40. The van der Waals surface area contributed by atoms with Crippen LogP contribution in [-0.4, -0.2) is 35.7 Å². The van der Waals surface area contributed by atoms with E-state index in [1.165, 1.54) is 4.90 Å². The first kappa shape index (κ1) is 10.2. The zero-order valence-electron chi connectivity index (χ0n) is 6.92. The molecule has 4 heteroatoms. The predicted octanol–water partition coefficient (Wildman–Crippen LogP) is 0.725. The van der Waals surface area contributed by atoms with E-state index in [2.05, 4.69) is 0 Å². The zero-order valence-corrected chi connectivity index (χ0v) is 6.92. The van der Waals surface area contributed by atoms with E-state index in [4.69, 9.17) is 10.8 Å². The molecule has 4 nitrogen and oxygen atoms in total. The number of hydrogen-bond acceptors (Lipinski definition) is 2. The summed E-state index contributed by atoms with van der Waals surface area (Å²) in [5.41, 5.74) is 5.25. The third kappa shape index (κ3) is 4.61. The van der Waals surface area contributed by atoms with Crippen LogP contribution in [0.5, 0.6) is 0 Å². The minimum atomic E-state index is -0.847. The summed E-state index contributed by atoms with van der Waals surface area (Å²) in [5, 5.41) is 8.62. The van der Waals surface area contributed by atoms with Crippen LogP contribution >= 0.6 is 0 Å². The van der Waals surface area contributed by atoms with Crippen LogP contribution in [-0.2, 0) is 0 Å². The van der Waals surface area contributed by atoms with Gasteiger partial charge in [-0.2, -0.15) is 0 Å². The fraction of sp³-hybridized carbons (Fsp3) is 0.857. The highest BCUT2D eigenvalue weighted by Crippen LogP contribution is 1.93. The molecule has 66 valence electrons. The summed E-state index contributed by atoms with van der Waals surface area (Å²) in [6.45, 7) is 3.67. The molecule has 0 aliphatic carbocycles. The molecule has 0 radical (unpaired) electrons. The van der Waals surface area contributed by atoms with E-state index < -0.39 is 6.09 Å². The van der Waals surface area contributed by atoms with E-state index in [0.29, 0.717) is 19.6 Å². The molecule has 0 aromatic heterocycles. The SMILES string of the molecule is CCCN(CCCN)C(=O)O. The maximum Gasteiger partial charge on any atom is 0.407 e. The lowest BCUT2D eigenvalue weighted by Gasteiger charge is -2.17. The molecule has 0 heterocycles. The standard InChI is InChI=1S/C7H16N2O2/c1-2-5-9(7(10)11)6-3-4-8/h2-6,8H2,1H3,(H,10,11). The van der Waals surface area contributed by atoms with Crippen molar-refractivity contribution in [2.75, 3.05) is 19.6 Å². The highest BCUT2D eigenvalue weighted by Gasteiger charge is 2.07. The Morgan fingerprint density at radius 3 is 2.55 bits per heavy atom. The monoisotopic (exact) mass is 160 g/mol. The summed E-state index contributed by atoms with van der Waals surface area (Å²) in [7, 11) is 0. The van der Waals surface area contributed by atoms with Crippen molar-refractivity contribution in [3.8, 4) is 0 Å². The van der Waals surface area contributed by atoms with Gasteiger partial charge in [0.25, 0.3) is 0 Å². The summed E-state index contributed by atoms with van der Waals surface area (Å²) >= 11 is 0. The molecule has 0 aromatic rings. The van der Waals surface area contributed by atoms with E-state index in [1.54, 1.807) is 0 Å². The molecule has 0 rings (SSSR count). The Labute approximate surface area is 67.0 Å². The zero-order chi connectivity index (χ0) is 8.69. The Kier molecular flexibility index (Phi) is 5.56. The van der Waals surface area contributed by atoms with Gasteiger partial charge in [0.2, 0.25) is 0 Å². The van der Waals surface area contributed by atoms with Crippen LogP contribution in [0.15, 0.2) is 0 Å². The Morgan fingerprint density at radius 1 is 1.55 bits per heavy atom. The molecule has 0 bridgehead atoms. The quantitative estimate of drug-likeness (QED) is 0.623. The van der Waals surface area contributed by atoms with E-state index >= 15 is 0 Å². The lowest BCUT2D eigenvalue weighted by molar-refractivity contribution is 0.145. The molecule has 0 aliphatic rings. The van der Waals surface area contributed by atoms with Crippen molar-refractivity contribution in [3.05, 3.63) is 0 Å². The maximum absolute atomic E-state index is 10.5. The third-order valence-electron chi connectivity index (χ3n) is 1.40. The molecule has 11 heavy (non-hydrogen) atoms. The second-order valence-corrected chi connectivity index (χ2v) is 2.41. The van der Waals surface area contributed by atoms with Crippen molar-refractivity contribution >= 4 is 6.09 Å². The van der Waals surface area contributed by atoms with Crippen LogP contribution in [0.25, 0.3) is 0 Å². The Hall–Kier alpha value is -0.770. The Morgan fingerprint density at radius 2 is 2.18 bits per heavy atom. The van der Waals surface area contributed by atoms with Crippen molar-refractivity contribution in [3.63, 3.8) is 0 Å². The van der Waals surface area contributed by atoms with Crippen LogP contribution < -0.4 is 5.73 Å². The molecule has 0 atom stereocenters. The summed E-state index contributed by atoms with van der Waals surface area (Å²) in [6, 6.07) is 0. The minimum absolute atomic E-state index is 0.549. The fourth-order valence-corrected chi connectivity index (χ4v) is 0.855. The van der Waals surface area contributed by atoms with Gasteiger partial charge >= 0.3 is 6.09 Å². The largest absolute Gasteiger partial charge is 0.465 e. The van der Waals surface area contributed by atoms with Gasteiger partial charge in [-0.3, -0.25) is 0 Å². The van der Waals surface area contributed by atoms with Crippen molar-refractivity contribution in [1.29, 1.82) is 0 Å². The number of nitrogens with zero attached hydrogens (tertiary/aromatic N) is 1. The molecule has 0 aromatic carbocycles. The second kappa shape index (κ2) is 5.97. The Bertz CT molecular complexity index is 117. The van der Waals surface area contributed by atoms with Gasteiger partial charge in [0.1, 0.15) is 0 Å². The topological polar surface area (TPSA) is 66.6 Å². The number of amides is 1. The maximum atomic E-state index is 10.5. The molecule has 0 saturated heterocycles. The highest BCUT2D eigenvalue weighted by molar-refractivity contribution is 5.64. The first-order chi connectivity index (χ1) is 5.22. The summed E-state index contributed by atoms with van der Waals surface area (Å²) < 4.78 is 0. The average Bonchev–Trinajstić information content (AvgIpc) is 1.97. The first-order valence-corrected chi connectivity index (χ1v) is 3.90. The Balaban J connectivity index is 3.60. The summed E-state index contributed by atoms with van der Waals surface area (Å²) in [6.07, 6.45) is 0.753. The van der Waals surface area contributed by atoms with Crippen molar-refractivity contribution < 1.29 is 9.90 Å². The molecular weight excluding hydrogens is 144 g/mol. The van der Waals surface area contributed by atoms with Gasteiger partial charge < -0.3 is 15.7 Å². The second-order valence-electron chi connectivity index (χ2n) is 2.41. The van der Waals surface area contributed by atoms with Crippen molar-refractivity contribution in [1.82, 2.24) is 4.90 Å². The number of nitrogens with two attached hydrogens (primary N) is 1. The van der Waals surface area contributed by atoms with Gasteiger partial charge in [0.05, 0.1) is 0 Å². The van der Waals surface area contributed by atoms with E-state index in [1.807, 2.05) is 6.92 Å². The molecule has 1 amide bonds. The molecule has 0 fully saturated rings. The average molecular weight is 160 g/mol. The minimum Gasteiger partial charge on any atom is -0.465 e. The summed E-state index contributed by atoms with van der Waals surface area (Å²) in [4.78, 5) is 11.9.